The van der Waals surface area contributed by atoms with Crippen molar-refractivity contribution in [2.45, 2.75) is 57.5 Å². The van der Waals surface area contributed by atoms with Crippen molar-refractivity contribution in [1.82, 2.24) is 15.1 Å². The van der Waals surface area contributed by atoms with Crippen molar-refractivity contribution >= 4 is 11.9 Å². The quantitative estimate of drug-likeness (QED) is 0.809. The molecule has 0 radical (unpaired) electrons. The van der Waals surface area contributed by atoms with Crippen LogP contribution in [0.2, 0.25) is 0 Å². The Balaban J connectivity index is 1.60. The molecule has 0 aliphatic heterocycles. The van der Waals surface area contributed by atoms with E-state index < -0.39 is 12.0 Å². The number of nitrogens with zero attached hydrogens (tertiary/aromatic N) is 2. The number of ether oxygens (including phenoxy) is 1. The molecule has 6 heteroatoms. The molecular formula is C22H27N3O3. The van der Waals surface area contributed by atoms with E-state index in [4.69, 9.17) is 4.74 Å². The molecule has 1 saturated carbocycles. The Morgan fingerprint density at radius 1 is 1.29 bits per heavy atom. The molecular weight excluding hydrogens is 354 g/mol. The Morgan fingerprint density at radius 2 is 2.00 bits per heavy atom. The van der Waals surface area contributed by atoms with E-state index in [2.05, 4.69) is 31.2 Å². The van der Waals surface area contributed by atoms with Gasteiger partial charge in [0, 0.05) is 23.6 Å². The number of fused-ring (bicyclic) bond motifs is 3. The van der Waals surface area contributed by atoms with Gasteiger partial charge >= 0.3 is 5.97 Å². The Bertz CT molecular complexity index is 911. The van der Waals surface area contributed by atoms with Gasteiger partial charge in [-0.3, -0.25) is 9.48 Å². The molecule has 148 valence electrons. The predicted octanol–water partition coefficient (Wildman–Crippen LogP) is 2.81. The van der Waals surface area contributed by atoms with Gasteiger partial charge in [-0.05, 0) is 45.1 Å². The molecule has 2 aromatic rings. The maximum absolute atomic E-state index is 13.1. The summed E-state index contributed by atoms with van der Waals surface area (Å²) < 4.78 is 6.93. The highest BCUT2D eigenvalue weighted by Crippen LogP contribution is 2.57. The summed E-state index contributed by atoms with van der Waals surface area (Å²) in [6.07, 6.45) is 2.47. The van der Waals surface area contributed by atoms with Gasteiger partial charge in [-0.25, -0.2) is 4.79 Å². The van der Waals surface area contributed by atoms with E-state index in [0.29, 0.717) is 24.0 Å². The second kappa shape index (κ2) is 6.76. The molecule has 1 aromatic carbocycles. The Hall–Kier alpha value is -2.63. The standard InChI is InChI=1S/C22H27N3O3/c1-22(2,3)25-19-15-11-14(15)12-16(19)18(24-25)20(26)23-17(21(27)28-4)10-13-8-6-5-7-9-13/h5-9,14-15,17H,10-12H2,1-4H3,(H,23,26)/t14-,15-,17?/m1/s1. The van der Waals surface area contributed by atoms with Crippen molar-refractivity contribution in [3.8, 4) is 0 Å². The van der Waals surface area contributed by atoms with E-state index in [1.165, 1.54) is 19.2 Å². The van der Waals surface area contributed by atoms with Crippen molar-refractivity contribution in [3.05, 3.63) is 52.8 Å². The van der Waals surface area contributed by atoms with Crippen LogP contribution in [-0.2, 0) is 27.9 Å². The Morgan fingerprint density at radius 3 is 2.64 bits per heavy atom. The first-order chi connectivity index (χ1) is 13.3. The van der Waals surface area contributed by atoms with Crippen LogP contribution < -0.4 is 5.32 Å². The average molecular weight is 381 g/mol. The molecule has 1 heterocycles. The molecule has 3 atom stereocenters. The second-order valence-corrected chi connectivity index (χ2v) is 8.84. The van der Waals surface area contributed by atoms with Crippen LogP contribution in [0.3, 0.4) is 0 Å². The predicted molar refractivity (Wildman–Crippen MR) is 105 cm³/mol. The number of benzene rings is 1. The van der Waals surface area contributed by atoms with E-state index in [-0.39, 0.29) is 11.4 Å². The molecule has 0 spiro atoms. The number of carbonyl (C=O) groups is 2. The summed E-state index contributed by atoms with van der Waals surface area (Å²) in [5.41, 5.74) is 3.49. The number of aromatic nitrogens is 2. The van der Waals surface area contributed by atoms with Gasteiger partial charge < -0.3 is 10.1 Å². The number of methoxy groups -OCH3 is 1. The summed E-state index contributed by atoms with van der Waals surface area (Å²) in [4.78, 5) is 25.4. The molecule has 4 rings (SSSR count). The smallest absolute Gasteiger partial charge is 0.328 e. The average Bonchev–Trinajstić information content (AvgIpc) is 3.15. The highest BCUT2D eigenvalue weighted by molar-refractivity contribution is 5.97. The highest BCUT2D eigenvalue weighted by Gasteiger charge is 2.51. The van der Waals surface area contributed by atoms with E-state index in [1.54, 1.807) is 0 Å². The van der Waals surface area contributed by atoms with Crippen molar-refractivity contribution < 1.29 is 14.3 Å². The molecule has 0 bridgehead atoms. The zero-order valence-corrected chi connectivity index (χ0v) is 16.9. The summed E-state index contributed by atoms with van der Waals surface area (Å²) in [5.74, 6) is 0.428. The van der Waals surface area contributed by atoms with Crippen LogP contribution in [0.15, 0.2) is 30.3 Å². The lowest BCUT2D eigenvalue weighted by Crippen LogP contribution is -2.43. The minimum Gasteiger partial charge on any atom is -0.467 e. The van der Waals surface area contributed by atoms with Crippen LogP contribution in [0.1, 0.15) is 60.4 Å². The first-order valence-corrected chi connectivity index (χ1v) is 9.84. The lowest BCUT2D eigenvalue weighted by Gasteiger charge is -2.22. The fourth-order valence-corrected chi connectivity index (χ4v) is 4.22. The van der Waals surface area contributed by atoms with E-state index in [0.717, 1.165) is 17.5 Å². The molecule has 1 amide bonds. The fourth-order valence-electron chi connectivity index (χ4n) is 4.22. The van der Waals surface area contributed by atoms with Crippen LogP contribution in [-0.4, -0.2) is 34.8 Å². The molecule has 1 aromatic heterocycles. The summed E-state index contributed by atoms with van der Waals surface area (Å²) in [6.45, 7) is 6.30. The SMILES string of the molecule is COC(=O)C(Cc1ccccc1)NC(=O)c1nn(C(C)(C)C)c2c1C[C@H]1C[C@@H]21. The Labute approximate surface area is 165 Å². The lowest BCUT2D eigenvalue weighted by atomic mass is 10.0. The van der Waals surface area contributed by atoms with Gasteiger partial charge in [-0.1, -0.05) is 30.3 Å². The van der Waals surface area contributed by atoms with Gasteiger partial charge in [-0.15, -0.1) is 0 Å². The van der Waals surface area contributed by atoms with Crippen molar-refractivity contribution in [3.63, 3.8) is 0 Å². The zero-order valence-electron chi connectivity index (χ0n) is 16.9. The van der Waals surface area contributed by atoms with E-state index in [1.807, 2.05) is 35.0 Å². The van der Waals surface area contributed by atoms with Crippen LogP contribution in [0.25, 0.3) is 0 Å². The molecule has 6 nitrogen and oxygen atoms in total. The number of hydrogen-bond acceptors (Lipinski definition) is 4. The maximum atomic E-state index is 13.1. The molecule has 0 saturated heterocycles. The molecule has 1 N–H and O–H groups in total. The monoisotopic (exact) mass is 381 g/mol. The minimum atomic E-state index is -0.744. The van der Waals surface area contributed by atoms with Crippen molar-refractivity contribution in [1.29, 1.82) is 0 Å². The van der Waals surface area contributed by atoms with Gasteiger partial charge in [-0.2, -0.15) is 5.10 Å². The van der Waals surface area contributed by atoms with Gasteiger partial charge in [0.2, 0.25) is 0 Å². The lowest BCUT2D eigenvalue weighted by molar-refractivity contribution is -0.142. The number of esters is 1. The summed E-state index contributed by atoms with van der Waals surface area (Å²) >= 11 is 0. The van der Waals surface area contributed by atoms with E-state index in [9.17, 15) is 9.59 Å². The van der Waals surface area contributed by atoms with Crippen molar-refractivity contribution in [2.75, 3.05) is 7.11 Å². The second-order valence-electron chi connectivity index (χ2n) is 8.84. The number of rotatable bonds is 5. The van der Waals surface area contributed by atoms with Crippen molar-refractivity contribution in [2.24, 2.45) is 5.92 Å². The third kappa shape index (κ3) is 3.32. The van der Waals surface area contributed by atoms with Crippen LogP contribution >= 0.6 is 0 Å². The topological polar surface area (TPSA) is 73.2 Å². The number of hydrogen-bond donors (Lipinski definition) is 1. The summed E-state index contributed by atoms with van der Waals surface area (Å²) in [6, 6.07) is 8.86. The first-order valence-electron chi connectivity index (χ1n) is 9.84. The largest absolute Gasteiger partial charge is 0.467 e. The molecule has 2 aliphatic carbocycles. The summed E-state index contributed by atoms with van der Waals surface area (Å²) in [5, 5.41) is 7.55. The van der Waals surface area contributed by atoms with Gasteiger partial charge in [0.15, 0.2) is 5.69 Å². The third-order valence-corrected chi connectivity index (χ3v) is 5.69. The molecule has 1 unspecified atom stereocenters. The number of amides is 1. The zero-order chi connectivity index (χ0) is 20.1. The van der Waals surface area contributed by atoms with Crippen LogP contribution in [0.4, 0.5) is 0 Å². The minimum absolute atomic E-state index is 0.189. The third-order valence-electron chi connectivity index (χ3n) is 5.69. The molecule has 1 fully saturated rings. The number of carbonyl (C=O) groups excluding carboxylic acids is 2. The van der Waals surface area contributed by atoms with Gasteiger partial charge in [0.05, 0.1) is 12.6 Å². The van der Waals surface area contributed by atoms with Gasteiger partial charge in [0.25, 0.3) is 5.91 Å². The Kier molecular flexibility index (Phi) is 4.52. The van der Waals surface area contributed by atoms with Crippen LogP contribution in [0.5, 0.6) is 0 Å². The number of nitrogens with one attached hydrogen (secondary N) is 1. The summed E-state index contributed by atoms with van der Waals surface area (Å²) in [7, 11) is 1.34. The fraction of sp³-hybridized carbons (Fsp3) is 0.500. The normalized spacial score (nSPS) is 20.9. The molecule has 28 heavy (non-hydrogen) atoms. The first kappa shape index (κ1) is 18.7. The highest BCUT2D eigenvalue weighted by atomic mass is 16.5. The van der Waals surface area contributed by atoms with Gasteiger partial charge in [0.1, 0.15) is 6.04 Å². The molecule has 2 aliphatic rings. The van der Waals surface area contributed by atoms with Crippen LogP contribution in [0, 0.1) is 5.92 Å². The maximum Gasteiger partial charge on any atom is 0.328 e. The van der Waals surface area contributed by atoms with E-state index >= 15 is 0 Å².